The SMILES string of the molecule is O=C(Cc1csc(-c2cccc(F)c2)n1)N1CCC(c2nc3ccccc3[nH]2)CC1. The van der Waals surface area contributed by atoms with E-state index in [2.05, 4.69) is 9.97 Å². The van der Waals surface area contributed by atoms with Crippen LogP contribution in [0, 0.1) is 5.82 Å². The molecular weight excluding hydrogens is 399 g/mol. The number of carbonyl (C=O) groups is 1. The van der Waals surface area contributed by atoms with Crippen molar-refractivity contribution in [1.29, 1.82) is 0 Å². The monoisotopic (exact) mass is 420 g/mol. The Morgan fingerprint density at radius 2 is 1.97 bits per heavy atom. The Balaban J connectivity index is 1.20. The predicted molar refractivity (Wildman–Crippen MR) is 116 cm³/mol. The lowest BCUT2D eigenvalue weighted by atomic mass is 9.96. The van der Waals surface area contributed by atoms with Crippen molar-refractivity contribution >= 4 is 28.3 Å². The zero-order valence-electron chi connectivity index (χ0n) is 16.3. The molecule has 1 saturated heterocycles. The van der Waals surface area contributed by atoms with Crippen molar-refractivity contribution in [1.82, 2.24) is 19.9 Å². The highest BCUT2D eigenvalue weighted by molar-refractivity contribution is 7.13. The maximum absolute atomic E-state index is 13.4. The van der Waals surface area contributed by atoms with Crippen LogP contribution in [0.2, 0.25) is 0 Å². The van der Waals surface area contributed by atoms with E-state index in [9.17, 15) is 9.18 Å². The van der Waals surface area contributed by atoms with E-state index in [1.807, 2.05) is 40.6 Å². The second kappa shape index (κ2) is 7.99. The quantitative estimate of drug-likeness (QED) is 0.517. The molecule has 4 aromatic rings. The minimum atomic E-state index is -0.285. The standard InChI is InChI=1S/C23H21FN4OS/c24-17-5-3-4-16(12-17)23-25-18(14-30-23)13-21(29)28-10-8-15(9-11-28)22-26-19-6-1-2-7-20(19)27-22/h1-7,12,14-15H,8-11,13H2,(H,26,27). The summed E-state index contributed by atoms with van der Waals surface area (Å²) >= 11 is 1.44. The molecule has 0 spiro atoms. The fraction of sp³-hybridized carbons (Fsp3) is 0.261. The van der Waals surface area contributed by atoms with Crippen LogP contribution < -0.4 is 0 Å². The highest BCUT2D eigenvalue weighted by atomic mass is 32.1. The second-order valence-corrected chi connectivity index (χ2v) is 8.48. The molecule has 1 aliphatic rings. The molecule has 152 valence electrons. The number of piperidine rings is 1. The van der Waals surface area contributed by atoms with Crippen LogP contribution in [0.5, 0.6) is 0 Å². The molecule has 2 aromatic heterocycles. The molecule has 0 atom stereocenters. The van der Waals surface area contributed by atoms with Gasteiger partial charge in [0.15, 0.2) is 0 Å². The number of hydrogen-bond acceptors (Lipinski definition) is 4. The van der Waals surface area contributed by atoms with E-state index in [0.29, 0.717) is 5.92 Å². The van der Waals surface area contributed by atoms with Gasteiger partial charge in [0.2, 0.25) is 5.91 Å². The van der Waals surface area contributed by atoms with Gasteiger partial charge in [-0.25, -0.2) is 14.4 Å². The summed E-state index contributed by atoms with van der Waals surface area (Å²) in [5, 5.41) is 2.63. The van der Waals surface area contributed by atoms with E-state index in [0.717, 1.165) is 59.1 Å². The van der Waals surface area contributed by atoms with Crippen molar-refractivity contribution in [3.8, 4) is 10.6 Å². The number of hydrogen-bond donors (Lipinski definition) is 1. The van der Waals surface area contributed by atoms with E-state index in [4.69, 9.17) is 4.98 Å². The number of halogens is 1. The fourth-order valence-corrected chi connectivity index (χ4v) is 4.79. The number of thiazole rings is 1. The van der Waals surface area contributed by atoms with E-state index < -0.39 is 0 Å². The third kappa shape index (κ3) is 3.85. The number of aromatic amines is 1. The number of fused-ring (bicyclic) bond motifs is 1. The van der Waals surface area contributed by atoms with Crippen LogP contribution in [0.25, 0.3) is 21.6 Å². The number of imidazole rings is 1. The van der Waals surface area contributed by atoms with Crippen molar-refractivity contribution in [2.45, 2.75) is 25.2 Å². The number of amides is 1. The van der Waals surface area contributed by atoms with Gasteiger partial charge in [-0.3, -0.25) is 4.79 Å². The molecule has 1 fully saturated rings. The minimum Gasteiger partial charge on any atom is -0.342 e. The van der Waals surface area contributed by atoms with Crippen molar-refractivity contribution in [2.75, 3.05) is 13.1 Å². The number of para-hydroxylation sites is 2. The Bertz CT molecular complexity index is 1160. The third-order valence-electron chi connectivity index (χ3n) is 5.60. The number of H-pyrrole nitrogens is 1. The molecule has 7 heteroatoms. The summed E-state index contributed by atoms with van der Waals surface area (Å²) in [6.07, 6.45) is 2.08. The second-order valence-electron chi connectivity index (χ2n) is 7.63. The summed E-state index contributed by atoms with van der Waals surface area (Å²) in [4.78, 5) is 27.3. The highest BCUT2D eigenvalue weighted by Gasteiger charge is 2.26. The molecule has 0 bridgehead atoms. The zero-order valence-corrected chi connectivity index (χ0v) is 17.2. The van der Waals surface area contributed by atoms with Crippen molar-refractivity contribution in [2.24, 2.45) is 0 Å². The lowest BCUT2D eigenvalue weighted by Crippen LogP contribution is -2.39. The highest BCUT2D eigenvalue weighted by Crippen LogP contribution is 2.29. The van der Waals surface area contributed by atoms with Crippen LogP contribution in [0.3, 0.4) is 0 Å². The maximum atomic E-state index is 13.4. The van der Waals surface area contributed by atoms with Gasteiger partial charge in [0, 0.05) is 30.0 Å². The summed E-state index contributed by atoms with van der Waals surface area (Å²) in [6.45, 7) is 1.45. The van der Waals surface area contributed by atoms with Crippen molar-refractivity contribution in [3.63, 3.8) is 0 Å². The number of nitrogens with zero attached hydrogens (tertiary/aromatic N) is 3. The molecular formula is C23H21FN4OS. The maximum Gasteiger partial charge on any atom is 0.228 e. The van der Waals surface area contributed by atoms with E-state index in [1.54, 1.807) is 6.07 Å². The minimum absolute atomic E-state index is 0.0918. The Morgan fingerprint density at radius 3 is 2.77 bits per heavy atom. The van der Waals surface area contributed by atoms with Gasteiger partial charge < -0.3 is 9.88 Å². The Morgan fingerprint density at radius 1 is 1.13 bits per heavy atom. The number of benzene rings is 2. The fourth-order valence-electron chi connectivity index (χ4n) is 3.98. The predicted octanol–water partition coefficient (Wildman–Crippen LogP) is 4.77. The molecule has 1 N–H and O–H groups in total. The van der Waals surface area contributed by atoms with Crippen LogP contribution >= 0.6 is 11.3 Å². The number of nitrogens with one attached hydrogen (secondary N) is 1. The van der Waals surface area contributed by atoms with E-state index in [1.165, 1.54) is 23.5 Å². The molecule has 0 saturated carbocycles. The van der Waals surface area contributed by atoms with Gasteiger partial charge in [0.1, 0.15) is 16.6 Å². The van der Waals surface area contributed by atoms with Gasteiger partial charge in [-0.05, 0) is 37.1 Å². The summed E-state index contributed by atoms with van der Waals surface area (Å²) < 4.78 is 13.4. The Labute approximate surface area is 177 Å². The lowest BCUT2D eigenvalue weighted by Gasteiger charge is -2.31. The lowest BCUT2D eigenvalue weighted by molar-refractivity contribution is -0.131. The van der Waals surface area contributed by atoms with Crippen LogP contribution in [0.4, 0.5) is 4.39 Å². The van der Waals surface area contributed by atoms with Crippen LogP contribution in [-0.4, -0.2) is 38.8 Å². The Hall–Kier alpha value is -3.06. The molecule has 0 unspecified atom stereocenters. The summed E-state index contributed by atoms with van der Waals surface area (Å²) in [5.41, 5.74) is 3.53. The normalized spacial score (nSPS) is 15.0. The first-order valence-corrected chi connectivity index (χ1v) is 11.0. The molecule has 5 nitrogen and oxygen atoms in total. The first-order valence-electron chi connectivity index (χ1n) is 10.1. The number of carbonyl (C=O) groups excluding carboxylic acids is 1. The summed E-state index contributed by atoms with van der Waals surface area (Å²) in [6, 6.07) is 14.4. The van der Waals surface area contributed by atoms with Gasteiger partial charge in [-0.15, -0.1) is 11.3 Å². The smallest absolute Gasteiger partial charge is 0.228 e. The van der Waals surface area contributed by atoms with Crippen molar-refractivity contribution in [3.05, 3.63) is 71.2 Å². The number of aromatic nitrogens is 3. The zero-order chi connectivity index (χ0) is 20.5. The molecule has 3 heterocycles. The van der Waals surface area contributed by atoms with Crippen LogP contribution in [0.1, 0.15) is 30.3 Å². The molecule has 1 amide bonds. The summed E-state index contributed by atoms with van der Waals surface area (Å²) in [5.74, 6) is 1.17. The van der Waals surface area contributed by atoms with Gasteiger partial charge in [0.25, 0.3) is 0 Å². The van der Waals surface area contributed by atoms with Gasteiger partial charge in [-0.2, -0.15) is 0 Å². The average molecular weight is 421 g/mol. The van der Waals surface area contributed by atoms with Gasteiger partial charge in [-0.1, -0.05) is 24.3 Å². The van der Waals surface area contributed by atoms with Gasteiger partial charge >= 0.3 is 0 Å². The van der Waals surface area contributed by atoms with E-state index in [-0.39, 0.29) is 18.1 Å². The largest absolute Gasteiger partial charge is 0.342 e. The summed E-state index contributed by atoms with van der Waals surface area (Å²) in [7, 11) is 0. The van der Waals surface area contributed by atoms with E-state index >= 15 is 0 Å². The van der Waals surface area contributed by atoms with Crippen LogP contribution in [0.15, 0.2) is 53.9 Å². The third-order valence-corrected chi connectivity index (χ3v) is 6.54. The molecule has 30 heavy (non-hydrogen) atoms. The first kappa shape index (κ1) is 18.9. The van der Waals surface area contributed by atoms with Gasteiger partial charge in [0.05, 0.1) is 23.1 Å². The van der Waals surface area contributed by atoms with Crippen molar-refractivity contribution < 1.29 is 9.18 Å². The topological polar surface area (TPSA) is 61.9 Å². The van der Waals surface area contributed by atoms with Crippen LogP contribution in [-0.2, 0) is 11.2 Å². The Kier molecular flexibility index (Phi) is 5.04. The number of likely N-dealkylation sites (tertiary alicyclic amines) is 1. The molecule has 0 aliphatic carbocycles. The first-order chi connectivity index (χ1) is 14.7. The molecule has 0 radical (unpaired) electrons. The molecule has 1 aliphatic heterocycles. The molecule has 2 aromatic carbocycles. The molecule has 5 rings (SSSR count). The number of rotatable bonds is 4. The average Bonchev–Trinajstić information content (AvgIpc) is 3.41.